The highest BCUT2D eigenvalue weighted by Gasteiger charge is 2.37. The standard InChI is InChI=1S/C27H24ClF3O6/c1-26(2,3)37-25(35)23-18(8-11-20(24(23)34)27(29,30)31)14-36-19-9-6-15(7-10-19)16-4-5-17(13-22(32)33)21(28)12-16/h4-12,34H,13-14H2,1-3H3,(H,32,33). The van der Waals surface area contributed by atoms with E-state index in [1.54, 1.807) is 63.2 Å². The maximum Gasteiger partial charge on any atom is 0.419 e. The van der Waals surface area contributed by atoms with E-state index in [1.807, 2.05) is 0 Å². The molecule has 2 N–H and O–H groups in total. The van der Waals surface area contributed by atoms with Crippen molar-refractivity contribution in [3.8, 4) is 22.6 Å². The van der Waals surface area contributed by atoms with Gasteiger partial charge in [0.1, 0.15) is 29.3 Å². The highest BCUT2D eigenvalue weighted by Crippen LogP contribution is 2.39. The van der Waals surface area contributed by atoms with Crippen LogP contribution in [0.1, 0.15) is 47.8 Å². The maximum atomic E-state index is 13.3. The molecule has 0 saturated carbocycles. The van der Waals surface area contributed by atoms with Crippen molar-refractivity contribution in [2.24, 2.45) is 0 Å². The largest absolute Gasteiger partial charge is 0.506 e. The number of hydrogen-bond donors (Lipinski definition) is 2. The predicted molar refractivity (Wildman–Crippen MR) is 131 cm³/mol. The van der Waals surface area contributed by atoms with Crippen LogP contribution in [0.25, 0.3) is 11.1 Å². The zero-order chi connectivity index (χ0) is 27.5. The molecular formula is C27H24ClF3O6. The number of phenolic OH excluding ortho intramolecular Hbond substituents is 1. The molecular weight excluding hydrogens is 513 g/mol. The first-order chi connectivity index (χ1) is 17.2. The van der Waals surface area contributed by atoms with E-state index in [1.165, 1.54) is 0 Å². The van der Waals surface area contributed by atoms with Crippen LogP contribution in [-0.2, 0) is 28.7 Å². The Hall–Kier alpha value is -3.72. The Kier molecular flexibility index (Phi) is 8.07. The van der Waals surface area contributed by atoms with Crippen molar-refractivity contribution in [3.63, 3.8) is 0 Å². The number of phenols is 1. The van der Waals surface area contributed by atoms with Crippen LogP contribution in [0.2, 0.25) is 5.02 Å². The lowest BCUT2D eigenvalue weighted by Crippen LogP contribution is -2.25. The Balaban J connectivity index is 1.83. The van der Waals surface area contributed by atoms with Crippen molar-refractivity contribution in [3.05, 3.63) is 81.9 Å². The number of hydrogen-bond acceptors (Lipinski definition) is 5. The quantitative estimate of drug-likeness (QED) is 0.319. The molecule has 0 heterocycles. The lowest BCUT2D eigenvalue weighted by Gasteiger charge is -2.22. The van der Waals surface area contributed by atoms with Gasteiger partial charge in [-0.3, -0.25) is 4.79 Å². The summed E-state index contributed by atoms with van der Waals surface area (Å²) < 4.78 is 50.8. The number of carboxylic acid groups (broad SMARTS) is 1. The molecule has 0 aliphatic rings. The van der Waals surface area contributed by atoms with Crippen LogP contribution in [-0.4, -0.2) is 27.8 Å². The minimum atomic E-state index is -4.87. The van der Waals surface area contributed by atoms with Gasteiger partial charge < -0.3 is 19.7 Å². The first-order valence-electron chi connectivity index (χ1n) is 11.0. The number of carbonyl (C=O) groups excluding carboxylic acids is 1. The summed E-state index contributed by atoms with van der Waals surface area (Å²) in [7, 11) is 0. The first-order valence-corrected chi connectivity index (χ1v) is 11.4. The third-order valence-corrected chi connectivity index (χ3v) is 5.50. The molecule has 37 heavy (non-hydrogen) atoms. The number of alkyl halides is 3. The summed E-state index contributed by atoms with van der Waals surface area (Å²) in [6, 6.07) is 13.4. The van der Waals surface area contributed by atoms with Crippen LogP contribution >= 0.6 is 11.6 Å². The van der Waals surface area contributed by atoms with Gasteiger partial charge in [-0.25, -0.2) is 4.79 Å². The average molecular weight is 537 g/mol. The van der Waals surface area contributed by atoms with E-state index in [4.69, 9.17) is 26.2 Å². The van der Waals surface area contributed by atoms with Gasteiger partial charge in [0.25, 0.3) is 0 Å². The van der Waals surface area contributed by atoms with Gasteiger partial charge in [-0.05, 0) is 61.7 Å². The fraction of sp³-hybridized carbons (Fsp3) is 0.259. The second-order valence-corrected chi connectivity index (χ2v) is 9.59. The van der Waals surface area contributed by atoms with Crippen molar-refractivity contribution in [2.45, 2.75) is 45.6 Å². The van der Waals surface area contributed by atoms with Crippen LogP contribution in [0, 0.1) is 0 Å². The molecule has 0 amide bonds. The molecule has 0 radical (unpaired) electrons. The van der Waals surface area contributed by atoms with E-state index < -0.39 is 40.6 Å². The van der Waals surface area contributed by atoms with Gasteiger partial charge in [-0.2, -0.15) is 13.2 Å². The van der Waals surface area contributed by atoms with E-state index in [0.29, 0.717) is 22.4 Å². The highest BCUT2D eigenvalue weighted by molar-refractivity contribution is 6.31. The van der Waals surface area contributed by atoms with Crippen molar-refractivity contribution >= 4 is 23.5 Å². The zero-order valence-electron chi connectivity index (χ0n) is 20.1. The van der Waals surface area contributed by atoms with Gasteiger partial charge in [0.2, 0.25) is 0 Å². The third kappa shape index (κ3) is 7.16. The van der Waals surface area contributed by atoms with Crippen molar-refractivity contribution < 1.29 is 42.4 Å². The highest BCUT2D eigenvalue weighted by atomic mass is 35.5. The number of carboxylic acids is 1. The predicted octanol–water partition coefficient (Wildman–Crippen LogP) is 6.89. The maximum absolute atomic E-state index is 13.3. The number of ether oxygens (including phenoxy) is 2. The Morgan fingerprint density at radius 2 is 1.51 bits per heavy atom. The van der Waals surface area contributed by atoms with Gasteiger partial charge in [0, 0.05) is 10.6 Å². The number of aromatic hydroxyl groups is 1. The SMILES string of the molecule is CC(C)(C)OC(=O)c1c(COc2ccc(-c3ccc(CC(=O)O)c(Cl)c3)cc2)ccc(C(F)(F)F)c1O. The number of rotatable bonds is 7. The van der Waals surface area contributed by atoms with Crippen LogP contribution in [0.4, 0.5) is 13.2 Å². The van der Waals surface area contributed by atoms with E-state index in [0.717, 1.165) is 17.2 Å². The molecule has 0 saturated heterocycles. The molecule has 3 aromatic carbocycles. The number of halogens is 4. The molecule has 3 rings (SSSR count). The molecule has 0 aliphatic carbocycles. The van der Waals surface area contributed by atoms with Gasteiger partial charge in [-0.15, -0.1) is 0 Å². The number of benzene rings is 3. The summed E-state index contributed by atoms with van der Waals surface area (Å²) in [5, 5.41) is 19.6. The Morgan fingerprint density at radius 3 is 2.05 bits per heavy atom. The Morgan fingerprint density at radius 1 is 0.919 bits per heavy atom. The normalized spacial score (nSPS) is 11.8. The van der Waals surface area contributed by atoms with Gasteiger partial charge >= 0.3 is 18.1 Å². The summed E-state index contributed by atoms with van der Waals surface area (Å²) in [6.07, 6.45) is -5.07. The first kappa shape index (κ1) is 27.9. The molecule has 0 spiro atoms. The molecule has 3 aromatic rings. The number of esters is 1. The van der Waals surface area contributed by atoms with E-state index in [-0.39, 0.29) is 18.6 Å². The van der Waals surface area contributed by atoms with Crippen molar-refractivity contribution in [1.82, 2.24) is 0 Å². The Labute approximate surface area is 216 Å². The molecule has 0 aromatic heterocycles. The van der Waals surface area contributed by atoms with E-state index in [9.17, 15) is 27.9 Å². The van der Waals surface area contributed by atoms with Crippen LogP contribution in [0.15, 0.2) is 54.6 Å². The minimum absolute atomic E-state index is 0.0182. The second-order valence-electron chi connectivity index (χ2n) is 9.19. The minimum Gasteiger partial charge on any atom is -0.506 e. The molecule has 0 bridgehead atoms. The van der Waals surface area contributed by atoms with Gasteiger partial charge in [-0.1, -0.05) is 41.9 Å². The second kappa shape index (κ2) is 10.7. The third-order valence-electron chi connectivity index (χ3n) is 5.15. The molecule has 0 aliphatic heterocycles. The summed E-state index contributed by atoms with van der Waals surface area (Å²) in [5.41, 5.74) is -0.959. The van der Waals surface area contributed by atoms with Crippen LogP contribution in [0.5, 0.6) is 11.5 Å². The van der Waals surface area contributed by atoms with Crippen molar-refractivity contribution in [2.75, 3.05) is 0 Å². The summed E-state index contributed by atoms with van der Waals surface area (Å²) >= 11 is 6.19. The lowest BCUT2D eigenvalue weighted by atomic mass is 10.0. The smallest absolute Gasteiger partial charge is 0.419 e. The molecule has 0 unspecified atom stereocenters. The molecule has 6 nitrogen and oxygen atoms in total. The van der Waals surface area contributed by atoms with E-state index in [2.05, 4.69) is 0 Å². The average Bonchev–Trinajstić information content (AvgIpc) is 2.77. The summed E-state index contributed by atoms with van der Waals surface area (Å²) in [4.78, 5) is 23.6. The molecule has 196 valence electrons. The van der Waals surface area contributed by atoms with Gasteiger partial charge in [0.15, 0.2) is 0 Å². The summed E-state index contributed by atoms with van der Waals surface area (Å²) in [6.45, 7) is 4.36. The Bertz CT molecular complexity index is 1310. The lowest BCUT2D eigenvalue weighted by molar-refractivity contribution is -0.139. The van der Waals surface area contributed by atoms with Crippen LogP contribution < -0.4 is 4.74 Å². The monoisotopic (exact) mass is 536 g/mol. The zero-order valence-corrected chi connectivity index (χ0v) is 20.9. The number of aliphatic carboxylic acids is 1. The molecule has 0 fully saturated rings. The van der Waals surface area contributed by atoms with E-state index >= 15 is 0 Å². The van der Waals surface area contributed by atoms with Gasteiger partial charge in [0.05, 0.1) is 12.0 Å². The van der Waals surface area contributed by atoms with Crippen LogP contribution in [0.3, 0.4) is 0 Å². The number of carbonyl (C=O) groups is 2. The fourth-order valence-electron chi connectivity index (χ4n) is 3.48. The molecule has 0 atom stereocenters. The van der Waals surface area contributed by atoms with Crippen molar-refractivity contribution in [1.29, 1.82) is 0 Å². The fourth-order valence-corrected chi connectivity index (χ4v) is 3.72. The summed E-state index contributed by atoms with van der Waals surface area (Å²) in [5.74, 6) is -2.96. The molecule has 10 heteroatoms. The topological polar surface area (TPSA) is 93.1 Å².